The zero-order valence-electron chi connectivity index (χ0n) is 8.05. The molecule has 16 heavy (non-hydrogen) atoms. The van der Waals surface area contributed by atoms with E-state index < -0.39 is 11.3 Å². The van der Waals surface area contributed by atoms with Gasteiger partial charge in [0, 0.05) is 11.8 Å². The number of nitrogen functional groups attached to an aromatic ring is 1. The van der Waals surface area contributed by atoms with E-state index in [9.17, 15) is 17.6 Å². The molecule has 0 bridgehead atoms. The summed E-state index contributed by atoms with van der Waals surface area (Å²) in [5, 5.41) is 0. The fraction of sp³-hybridized carbons (Fsp3) is 0.333. The van der Waals surface area contributed by atoms with Crippen LogP contribution < -0.4 is 10.5 Å². The Bertz CT molecular complexity index is 356. The normalized spacial score (nSPS) is 11.5. The quantitative estimate of drug-likeness (QED) is 0.510. The molecular formula is C9H9F4NOS. The Balaban J connectivity index is 2.35. The fourth-order valence-electron chi connectivity index (χ4n) is 0.915. The van der Waals surface area contributed by atoms with Gasteiger partial charge < -0.3 is 10.5 Å². The molecule has 0 aromatic heterocycles. The van der Waals surface area contributed by atoms with Crippen LogP contribution in [0, 0.1) is 5.82 Å². The summed E-state index contributed by atoms with van der Waals surface area (Å²) >= 11 is -0.183. The molecule has 1 aromatic carbocycles. The van der Waals surface area contributed by atoms with Gasteiger partial charge in [-0.05, 0) is 23.9 Å². The summed E-state index contributed by atoms with van der Waals surface area (Å²) in [5.74, 6) is -0.731. The van der Waals surface area contributed by atoms with Crippen LogP contribution in [0.4, 0.5) is 23.2 Å². The lowest BCUT2D eigenvalue weighted by Gasteiger charge is -2.08. The van der Waals surface area contributed by atoms with Crippen LogP contribution >= 0.6 is 11.8 Å². The van der Waals surface area contributed by atoms with Crippen molar-refractivity contribution in [3.05, 3.63) is 24.0 Å². The van der Waals surface area contributed by atoms with Gasteiger partial charge in [0.05, 0.1) is 12.3 Å². The number of hydrogen-bond donors (Lipinski definition) is 1. The van der Waals surface area contributed by atoms with Crippen LogP contribution in [0.3, 0.4) is 0 Å². The first kappa shape index (κ1) is 13.0. The number of benzene rings is 1. The molecular weight excluding hydrogens is 246 g/mol. The van der Waals surface area contributed by atoms with Gasteiger partial charge in [0.15, 0.2) is 0 Å². The first-order chi connectivity index (χ1) is 7.38. The molecule has 1 rings (SSSR count). The summed E-state index contributed by atoms with van der Waals surface area (Å²) in [6.45, 7) is -0.145. The van der Waals surface area contributed by atoms with E-state index in [0.717, 1.165) is 6.07 Å². The van der Waals surface area contributed by atoms with Crippen LogP contribution in [0.5, 0.6) is 5.75 Å². The number of nitrogens with two attached hydrogens (primary N) is 1. The monoisotopic (exact) mass is 255 g/mol. The van der Waals surface area contributed by atoms with Gasteiger partial charge in [0.2, 0.25) is 0 Å². The minimum atomic E-state index is -4.27. The smallest absolute Gasteiger partial charge is 0.441 e. The minimum absolute atomic E-state index is 0.0305. The number of hydrogen-bond acceptors (Lipinski definition) is 3. The second-order valence-corrected chi connectivity index (χ2v) is 3.99. The highest BCUT2D eigenvalue weighted by molar-refractivity contribution is 8.00. The SMILES string of the molecule is Nc1ccc(OCCSC(F)(F)F)cc1F. The van der Waals surface area contributed by atoms with Crippen molar-refractivity contribution in [3.63, 3.8) is 0 Å². The highest BCUT2D eigenvalue weighted by Gasteiger charge is 2.27. The molecule has 2 N–H and O–H groups in total. The van der Waals surface area contributed by atoms with Crippen molar-refractivity contribution in [2.75, 3.05) is 18.1 Å². The minimum Gasteiger partial charge on any atom is -0.493 e. The molecule has 0 saturated heterocycles. The number of halogens is 4. The van der Waals surface area contributed by atoms with E-state index in [2.05, 4.69) is 0 Å². The maximum Gasteiger partial charge on any atom is 0.441 e. The maximum absolute atomic E-state index is 12.9. The molecule has 0 fully saturated rings. The average molecular weight is 255 g/mol. The van der Waals surface area contributed by atoms with E-state index in [1.165, 1.54) is 12.1 Å². The van der Waals surface area contributed by atoms with Gasteiger partial charge in [0.1, 0.15) is 11.6 Å². The topological polar surface area (TPSA) is 35.2 Å². The van der Waals surface area contributed by atoms with Crippen LogP contribution in [0.25, 0.3) is 0 Å². The zero-order valence-corrected chi connectivity index (χ0v) is 8.87. The molecule has 0 saturated carbocycles. The van der Waals surface area contributed by atoms with Crippen molar-refractivity contribution in [2.45, 2.75) is 5.51 Å². The molecule has 0 spiro atoms. The first-order valence-corrected chi connectivity index (χ1v) is 5.25. The third-order valence-electron chi connectivity index (χ3n) is 1.59. The summed E-state index contributed by atoms with van der Waals surface area (Å²) in [6, 6.07) is 3.73. The molecule has 0 atom stereocenters. The van der Waals surface area contributed by atoms with E-state index in [1.807, 2.05) is 0 Å². The van der Waals surface area contributed by atoms with Crippen molar-refractivity contribution in [3.8, 4) is 5.75 Å². The predicted octanol–water partition coefficient (Wildman–Crippen LogP) is 3.04. The average Bonchev–Trinajstić information content (AvgIpc) is 2.17. The Kier molecular flexibility index (Phi) is 4.28. The molecule has 0 unspecified atom stereocenters. The summed E-state index contributed by atoms with van der Waals surface area (Å²) < 4.78 is 53.0. The lowest BCUT2D eigenvalue weighted by molar-refractivity contribution is -0.0329. The highest BCUT2D eigenvalue weighted by atomic mass is 32.2. The molecule has 1 aromatic rings. The lowest BCUT2D eigenvalue weighted by Crippen LogP contribution is -2.07. The molecule has 0 amide bonds. The third-order valence-corrected chi connectivity index (χ3v) is 2.29. The molecule has 7 heteroatoms. The third kappa shape index (κ3) is 4.61. The number of ether oxygens (including phenoxy) is 1. The zero-order chi connectivity index (χ0) is 12.2. The standard InChI is InChI=1S/C9H9F4NOS/c10-7-5-6(1-2-8(7)14)15-3-4-16-9(11,12)13/h1-2,5H,3-4,14H2. The van der Waals surface area contributed by atoms with Gasteiger partial charge in [-0.15, -0.1) is 0 Å². The van der Waals surface area contributed by atoms with Crippen molar-refractivity contribution in [2.24, 2.45) is 0 Å². The van der Waals surface area contributed by atoms with Crippen molar-refractivity contribution in [1.82, 2.24) is 0 Å². The molecule has 0 aliphatic heterocycles. The molecule has 0 aliphatic rings. The van der Waals surface area contributed by atoms with Crippen LogP contribution in [0.15, 0.2) is 18.2 Å². The predicted molar refractivity (Wildman–Crippen MR) is 54.8 cm³/mol. The molecule has 0 aliphatic carbocycles. The van der Waals surface area contributed by atoms with Crippen LogP contribution in [-0.2, 0) is 0 Å². The van der Waals surface area contributed by atoms with Gasteiger partial charge >= 0.3 is 5.51 Å². The Labute approximate surface area is 93.8 Å². The number of rotatable bonds is 4. The fourth-order valence-corrected chi connectivity index (χ4v) is 1.31. The Morgan fingerprint density at radius 1 is 1.31 bits per heavy atom. The largest absolute Gasteiger partial charge is 0.493 e. The molecule has 90 valence electrons. The first-order valence-electron chi connectivity index (χ1n) is 4.27. The number of anilines is 1. The van der Waals surface area contributed by atoms with Crippen LogP contribution in [0.1, 0.15) is 0 Å². The highest BCUT2D eigenvalue weighted by Crippen LogP contribution is 2.29. The Morgan fingerprint density at radius 2 is 2.00 bits per heavy atom. The number of thioether (sulfide) groups is 1. The second kappa shape index (κ2) is 5.29. The summed E-state index contributed by atoms with van der Waals surface area (Å²) in [5.41, 5.74) is 0.919. The maximum atomic E-state index is 12.9. The summed E-state index contributed by atoms with van der Waals surface area (Å²) in [7, 11) is 0. The summed E-state index contributed by atoms with van der Waals surface area (Å²) in [6.07, 6.45) is 0. The van der Waals surface area contributed by atoms with E-state index in [1.54, 1.807) is 0 Å². The van der Waals surface area contributed by atoms with E-state index in [0.29, 0.717) is 0 Å². The molecule has 2 nitrogen and oxygen atoms in total. The van der Waals surface area contributed by atoms with Gasteiger partial charge in [-0.2, -0.15) is 13.2 Å². The van der Waals surface area contributed by atoms with Crippen molar-refractivity contribution in [1.29, 1.82) is 0 Å². The van der Waals surface area contributed by atoms with Gasteiger partial charge in [-0.3, -0.25) is 0 Å². The van der Waals surface area contributed by atoms with E-state index >= 15 is 0 Å². The molecule has 0 radical (unpaired) electrons. The Hall–Kier alpha value is -1.11. The number of alkyl halides is 3. The van der Waals surface area contributed by atoms with Crippen molar-refractivity contribution < 1.29 is 22.3 Å². The van der Waals surface area contributed by atoms with E-state index in [4.69, 9.17) is 10.5 Å². The lowest BCUT2D eigenvalue weighted by atomic mass is 10.3. The molecule has 0 heterocycles. The summed E-state index contributed by atoms with van der Waals surface area (Å²) in [4.78, 5) is 0. The van der Waals surface area contributed by atoms with Gasteiger partial charge in [0.25, 0.3) is 0 Å². The second-order valence-electron chi connectivity index (χ2n) is 2.83. The van der Waals surface area contributed by atoms with Crippen LogP contribution in [-0.4, -0.2) is 17.9 Å². The van der Waals surface area contributed by atoms with Gasteiger partial charge in [-0.1, -0.05) is 0 Å². The van der Waals surface area contributed by atoms with E-state index in [-0.39, 0.29) is 35.6 Å². The van der Waals surface area contributed by atoms with Crippen LogP contribution in [0.2, 0.25) is 0 Å². The van der Waals surface area contributed by atoms with Gasteiger partial charge in [-0.25, -0.2) is 4.39 Å². The van der Waals surface area contributed by atoms with Crippen molar-refractivity contribution >= 4 is 17.4 Å². The Morgan fingerprint density at radius 3 is 2.56 bits per heavy atom.